The number of ketones is 1. The van der Waals surface area contributed by atoms with Gasteiger partial charge in [0, 0.05) is 24.0 Å². The van der Waals surface area contributed by atoms with Gasteiger partial charge in [0.2, 0.25) is 5.88 Å². The van der Waals surface area contributed by atoms with Crippen LogP contribution in [0.2, 0.25) is 0 Å². The smallest absolute Gasteiger partial charge is 0.213 e. The number of fused-ring (bicyclic) bond motifs is 3. The number of carbonyl (C=O) groups is 1. The second-order valence-electron chi connectivity index (χ2n) is 8.10. The summed E-state index contributed by atoms with van der Waals surface area (Å²) in [5.74, 6) is 1.14. The second-order valence-corrected chi connectivity index (χ2v) is 8.10. The number of carbonyl (C=O) groups excluding carboxylic acids is 1. The highest BCUT2D eigenvalue weighted by molar-refractivity contribution is 5.83. The molecule has 3 heterocycles. The Morgan fingerprint density at radius 2 is 2.08 bits per heavy atom. The Morgan fingerprint density at radius 3 is 2.80 bits per heavy atom. The maximum atomic E-state index is 13.0. The molecule has 1 aliphatic carbocycles. The van der Waals surface area contributed by atoms with E-state index in [1.54, 1.807) is 7.11 Å². The van der Waals surface area contributed by atoms with Crippen LogP contribution in [0.4, 0.5) is 0 Å². The minimum Gasteiger partial charge on any atom is -0.481 e. The Kier molecular flexibility index (Phi) is 3.89. The fourth-order valence-corrected chi connectivity index (χ4v) is 4.21. The predicted molar refractivity (Wildman–Crippen MR) is 95.5 cm³/mol. The van der Waals surface area contributed by atoms with E-state index in [0.29, 0.717) is 23.5 Å². The lowest BCUT2D eigenvalue weighted by molar-refractivity contribution is -0.125. The molecule has 1 aliphatic heterocycles. The molecule has 0 aromatic carbocycles. The zero-order chi connectivity index (χ0) is 17.6. The highest BCUT2D eigenvalue weighted by Crippen LogP contribution is 2.43. The van der Waals surface area contributed by atoms with Gasteiger partial charge in [-0.05, 0) is 37.2 Å². The molecule has 5 heteroatoms. The molecule has 1 saturated carbocycles. The molecular weight excluding hydrogens is 314 g/mol. The van der Waals surface area contributed by atoms with E-state index >= 15 is 0 Å². The van der Waals surface area contributed by atoms with Crippen molar-refractivity contribution in [3.05, 3.63) is 30.4 Å². The Hall–Kier alpha value is -2.17. The molecule has 4 rings (SSSR count). The molecular formula is C20H25N3O2. The molecule has 1 unspecified atom stereocenters. The van der Waals surface area contributed by atoms with Crippen LogP contribution in [0.5, 0.6) is 5.88 Å². The van der Waals surface area contributed by atoms with Crippen molar-refractivity contribution in [2.45, 2.75) is 52.0 Å². The van der Waals surface area contributed by atoms with Crippen LogP contribution in [0.3, 0.4) is 0 Å². The van der Waals surface area contributed by atoms with Crippen LogP contribution in [0.15, 0.2) is 24.7 Å². The third-order valence-corrected chi connectivity index (χ3v) is 5.89. The lowest BCUT2D eigenvalue weighted by Gasteiger charge is -2.34. The first-order valence-corrected chi connectivity index (χ1v) is 9.08. The quantitative estimate of drug-likeness (QED) is 0.844. The number of rotatable bonds is 4. The number of hydrogen-bond donors (Lipinski definition) is 0. The Labute approximate surface area is 148 Å². The summed E-state index contributed by atoms with van der Waals surface area (Å²) >= 11 is 0. The maximum absolute atomic E-state index is 13.0. The van der Waals surface area contributed by atoms with Crippen molar-refractivity contribution in [3.8, 4) is 17.1 Å². The number of ether oxygens (including phenoxy) is 1. The monoisotopic (exact) mass is 339 g/mol. The SMILES string of the molecule is COc1ccc2c(n1)C(CC(=O)C1CCC(C)(C)CC1)n1cncc1-2. The van der Waals surface area contributed by atoms with Gasteiger partial charge >= 0.3 is 0 Å². The van der Waals surface area contributed by atoms with Crippen molar-refractivity contribution in [2.75, 3.05) is 7.11 Å². The minimum absolute atomic E-state index is 0.0648. The molecule has 1 fully saturated rings. The number of nitrogens with zero attached hydrogens (tertiary/aromatic N) is 3. The highest BCUT2D eigenvalue weighted by Gasteiger charge is 2.36. The topological polar surface area (TPSA) is 57.0 Å². The summed E-state index contributed by atoms with van der Waals surface area (Å²) in [4.78, 5) is 21.9. The van der Waals surface area contributed by atoms with Crippen molar-refractivity contribution >= 4 is 5.78 Å². The zero-order valence-corrected chi connectivity index (χ0v) is 15.2. The van der Waals surface area contributed by atoms with Crippen molar-refractivity contribution in [3.63, 3.8) is 0 Å². The van der Waals surface area contributed by atoms with Gasteiger partial charge in [0.15, 0.2) is 0 Å². The molecule has 0 bridgehead atoms. The summed E-state index contributed by atoms with van der Waals surface area (Å²) in [7, 11) is 1.62. The number of pyridine rings is 1. The molecule has 0 amide bonds. The van der Waals surface area contributed by atoms with Gasteiger partial charge in [-0.3, -0.25) is 4.79 Å². The number of imidazole rings is 1. The van der Waals surface area contributed by atoms with Crippen LogP contribution >= 0.6 is 0 Å². The molecule has 0 radical (unpaired) electrons. The third kappa shape index (κ3) is 2.86. The van der Waals surface area contributed by atoms with Crippen molar-refractivity contribution in [2.24, 2.45) is 11.3 Å². The lowest BCUT2D eigenvalue weighted by Crippen LogP contribution is -2.27. The first-order chi connectivity index (χ1) is 12.0. The molecule has 25 heavy (non-hydrogen) atoms. The van der Waals surface area contributed by atoms with Crippen molar-refractivity contribution in [1.82, 2.24) is 14.5 Å². The number of Topliss-reactive ketones (excluding diaryl/α,β-unsaturated/α-hetero) is 1. The van der Waals surface area contributed by atoms with Crippen LogP contribution in [0.1, 0.15) is 57.7 Å². The molecule has 1 atom stereocenters. The van der Waals surface area contributed by atoms with E-state index in [4.69, 9.17) is 4.74 Å². The van der Waals surface area contributed by atoms with Crippen molar-refractivity contribution in [1.29, 1.82) is 0 Å². The van der Waals surface area contributed by atoms with Crippen LogP contribution in [-0.2, 0) is 4.79 Å². The number of aromatic nitrogens is 3. The molecule has 5 nitrogen and oxygen atoms in total. The van der Waals surface area contributed by atoms with Crippen LogP contribution in [0, 0.1) is 11.3 Å². The van der Waals surface area contributed by atoms with Gasteiger partial charge in [-0.2, -0.15) is 0 Å². The molecule has 0 spiro atoms. The largest absolute Gasteiger partial charge is 0.481 e. The molecule has 2 aromatic heterocycles. The maximum Gasteiger partial charge on any atom is 0.213 e. The predicted octanol–water partition coefficient (Wildman–Crippen LogP) is 4.03. The van der Waals surface area contributed by atoms with Gasteiger partial charge in [0.05, 0.1) is 37.1 Å². The first kappa shape index (κ1) is 16.3. The van der Waals surface area contributed by atoms with Gasteiger partial charge in [-0.15, -0.1) is 0 Å². The normalized spacial score (nSPS) is 21.6. The van der Waals surface area contributed by atoms with Crippen LogP contribution in [-0.4, -0.2) is 27.4 Å². The number of hydrogen-bond acceptors (Lipinski definition) is 4. The van der Waals surface area contributed by atoms with E-state index in [1.807, 2.05) is 24.7 Å². The third-order valence-electron chi connectivity index (χ3n) is 5.89. The van der Waals surface area contributed by atoms with Crippen LogP contribution < -0.4 is 4.74 Å². The fourth-order valence-electron chi connectivity index (χ4n) is 4.21. The summed E-state index contributed by atoms with van der Waals surface area (Å²) < 4.78 is 7.37. The highest BCUT2D eigenvalue weighted by atomic mass is 16.5. The van der Waals surface area contributed by atoms with Gasteiger partial charge in [-0.1, -0.05) is 13.8 Å². The Bertz CT molecular complexity index is 799. The molecule has 2 aromatic rings. The van der Waals surface area contributed by atoms with E-state index in [2.05, 4.69) is 28.4 Å². The van der Waals surface area contributed by atoms with Gasteiger partial charge in [0.25, 0.3) is 0 Å². The van der Waals surface area contributed by atoms with Crippen molar-refractivity contribution < 1.29 is 9.53 Å². The second kappa shape index (κ2) is 5.97. The zero-order valence-electron chi connectivity index (χ0n) is 15.2. The van der Waals surface area contributed by atoms with Gasteiger partial charge in [0.1, 0.15) is 5.78 Å². The standard InChI is InChI=1S/C20H25N3O2/c1-20(2)8-6-13(7-9-20)17(24)10-15-19-14(4-5-18(22-19)25-3)16-11-21-12-23(15)16/h4-5,11-13,15H,6-10H2,1-3H3. The van der Waals surface area contributed by atoms with E-state index in [-0.39, 0.29) is 12.0 Å². The average Bonchev–Trinajstić information content (AvgIpc) is 3.17. The Morgan fingerprint density at radius 1 is 1.32 bits per heavy atom. The molecule has 0 saturated heterocycles. The van der Waals surface area contributed by atoms with Gasteiger partial charge < -0.3 is 9.30 Å². The van der Waals surface area contributed by atoms with Crippen LogP contribution in [0.25, 0.3) is 11.3 Å². The Balaban J connectivity index is 1.58. The molecule has 132 valence electrons. The summed E-state index contributed by atoms with van der Waals surface area (Å²) in [6.07, 6.45) is 8.43. The minimum atomic E-state index is -0.0648. The van der Waals surface area contributed by atoms with E-state index in [0.717, 1.165) is 42.6 Å². The average molecular weight is 339 g/mol. The first-order valence-electron chi connectivity index (χ1n) is 9.08. The fraction of sp³-hybridized carbons (Fsp3) is 0.550. The summed E-state index contributed by atoms with van der Waals surface area (Å²) in [5.41, 5.74) is 3.40. The summed E-state index contributed by atoms with van der Waals surface area (Å²) in [6, 6.07) is 3.82. The summed E-state index contributed by atoms with van der Waals surface area (Å²) in [5, 5.41) is 0. The van der Waals surface area contributed by atoms with Gasteiger partial charge in [-0.25, -0.2) is 9.97 Å². The molecule has 0 N–H and O–H groups in total. The summed E-state index contributed by atoms with van der Waals surface area (Å²) in [6.45, 7) is 4.60. The van der Waals surface area contributed by atoms with E-state index < -0.39 is 0 Å². The lowest BCUT2D eigenvalue weighted by atomic mass is 9.71. The number of methoxy groups -OCH3 is 1. The van der Waals surface area contributed by atoms with E-state index in [9.17, 15) is 4.79 Å². The molecule has 2 aliphatic rings. The van der Waals surface area contributed by atoms with E-state index in [1.165, 1.54) is 0 Å².